The molecule has 0 amide bonds. The summed E-state index contributed by atoms with van der Waals surface area (Å²) in [6.07, 6.45) is 0. The van der Waals surface area contributed by atoms with Gasteiger partial charge < -0.3 is 4.98 Å². The number of aromatic amines is 1. The van der Waals surface area contributed by atoms with Crippen LogP contribution in [0.1, 0.15) is 5.82 Å². The molecule has 30 heavy (non-hydrogen) atoms. The number of rotatable bonds is 5. The number of hydrogen-bond acceptors (Lipinski definition) is 7. The molecule has 148 valence electrons. The molecule has 3 heterocycles. The number of H-pyrrole nitrogens is 1. The zero-order valence-electron chi connectivity index (χ0n) is 15.3. The molecular weight excluding hydrogens is 484 g/mol. The van der Waals surface area contributed by atoms with Gasteiger partial charge in [-0.2, -0.15) is 4.68 Å². The second kappa shape index (κ2) is 8.13. The Balaban J connectivity index is 1.43. The van der Waals surface area contributed by atoms with E-state index in [4.69, 9.17) is 0 Å². The largest absolute Gasteiger partial charge is 0.309 e. The summed E-state index contributed by atoms with van der Waals surface area (Å²) >= 11 is 6.32. The highest BCUT2D eigenvalue weighted by molar-refractivity contribution is 9.10. The minimum Gasteiger partial charge on any atom is -0.309 e. The molecule has 0 aliphatic rings. The van der Waals surface area contributed by atoms with E-state index >= 15 is 0 Å². The monoisotopic (exact) mass is 496 g/mol. The van der Waals surface area contributed by atoms with Gasteiger partial charge in [-0.15, -0.1) is 16.4 Å². The predicted octanol–water partition coefficient (Wildman–Crippen LogP) is 4.68. The molecule has 0 spiro atoms. The normalized spacial score (nSPS) is 11.2. The molecule has 0 atom stereocenters. The molecule has 0 bridgehead atoms. The van der Waals surface area contributed by atoms with Gasteiger partial charge in [0.25, 0.3) is 5.56 Å². The molecule has 0 aliphatic heterocycles. The highest BCUT2D eigenvalue weighted by Gasteiger charge is 2.15. The molecule has 1 N–H and O–H groups in total. The lowest BCUT2D eigenvalue weighted by Gasteiger charge is -2.04. The Labute approximate surface area is 187 Å². The molecule has 5 aromatic rings. The Hall–Kier alpha value is -2.82. The van der Waals surface area contributed by atoms with Crippen molar-refractivity contribution in [2.45, 2.75) is 10.9 Å². The Morgan fingerprint density at radius 3 is 2.70 bits per heavy atom. The fraction of sp³-hybridized carbons (Fsp3) is 0.0500. The third kappa shape index (κ3) is 3.69. The number of nitrogens with one attached hydrogen (secondary N) is 1. The van der Waals surface area contributed by atoms with Crippen LogP contribution in [-0.2, 0) is 5.75 Å². The van der Waals surface area contributed by atoms with Crippen LogP contribution in [0.2, 0.25) is 0 Å². The van der Waals surface area contributed by atoms with Crippen molar-refractivity contribution >= 4 is 49.2 Å². The summed E-state index contributed by atoms with van der Waals surface area (Å²) in [6, 6.07) is 17.6. The van der Waals surface area contributed by atoms with Crippen LogP contribution >= 0.6 is 39.0 Å². The van der Waals surface area contributed by atoms with E-state index in [2.05, 4.69) is 41.4 Å². The third-order valence-corrected chi connectivity index (χ3v) is 6.76. The predicted molar refractivity (Wildman–Crippen MR) is 122 cm³/mol. The van der Waals surface area contributed by atoms with Crippen LogP contribution in [0.4, 0.5) is 0 Å². The molecule has 3 aromatic heterocycles. The molecule has 7 nitrogen and oxygen atoms in total. The summed E-state index contributed by atoms with van der Waals surface area (Å²) < 4.78 is 2.66. The number of hydrogen-bond donors (Lipinski definition) is 1. The Kier molecular flexibility index (Phi) is 5.19. The summed E-state index contributed by atoms with van der Waals surface area (Å²) in [4.78, 5) is 21.1. The number of fused-ring (bicyclic) bond motifs is 1. The molecular formula is C20H13BrN6OS2. The van der Waals surface area contributed by atoms with Crippen molar-refractivity contribution in [1.82, 2.24) is 30.2 Å². The van der Waals surface area contributed by atoms with Crippen LogP contribution in [0.5, 0.6) is 0 Å². The second-order valence-electron chi connectivity index (χ2n) is 6.35. The molecule has 5 rings (SSSR count). The van der Waals surface area contributed by atoms with Crippen LogP contribution in [0.25, 0.3) is 27.0 Å². The number of thiophene rings is 1. The Bertz CT molecular complexity index is 1380. The van der Waals surface area contributed by atoms with Gasteiger partial charge in [0.1, 0.15) is 10.7 Å². The van der Waals surface area contributed by atoms with E-state index in [-0.39, 0.29) is 5.56 Å². The quantitative estimate of drug-likeness (QED) is 0.355. The Morgan fingerprint density at radius 2 is 1.90 bits per heavy atom. The molecule has 0 fully saturated rings. The van der Waals surface area contributed by atoms with Crippen molar-refractivity contribution < 1.29 is 0 Å². The summed E-state index contributed by atoms with van der Waals surface area (Å²) in [5, 5.41) is 15.1. The topological polar surface area (TPSA) is 89.4 Å². The molecule has 0 unspecified atom stereocenters. The summed E-state index contributed by atoms with van der Waals surface area (Å²) in [5.41, 5.74) is 2.61. The molecule has 10 heteroatoms. The standard InChI is InChI=1S/C20H13BrN6OS2/c21-13-8-6-12(7-9-13)15-10-29-19-17(15)18(28)22-16(23-19)11-30-20-24-25-26-27(20)14-4-2-1-3-5-14/h1-10H,11H2,(H,22,23,28). The second-order valence-corrected chi connectivity index (χ2v) is 9.06. The van der Waals surface area contributed by atoms with Crippen molar-refractivity contribution in [3.05, 3.63) is 80.6 Å². The first-order chi connectivity index (χ1) is 14.7. The van der Waals surface area contributed by atoms with Gasteiger partial charge >= 0.3 is 0 Å². The molecule has 0 radical (unpaired) electrons. The van der Waals surface area contributed by atoms with Crippen LogP contribution in [-0.4, -0.2) is 30.2 Å². The average Bonchev–Trinajstić information content (AvgIpc) is 3.41. The lowest BCUT2D eigenvalue weighted by Crippen LogP contribution is -2.11. The van der Waals surface area contributed by atoms with Gasteiger partial charge in [0.2, 0.25) is 5.16 Å². The zero-order chi connectivity index (χ0) is 20.5. The van der Waals surface area contributed by atoms with Gasteiger partial charge in [0.15, 0.2) is 0 Å². The number of para-hydroxylation sites is 1. The number of tetrazole rings is 1. The number of thioether (sulfide) groups is 1. The summed E-state index contributed by atoms with van der Waals surface area (Å²) in [6.45, 7) is 0. The smallest absolute Gasteiger partial charge is 0.260 e. The highest BCUT2D eigenvalue weighted by atomic mass is 79.9. The number of nitrogens with zero attached hydrogens (tertiary/aromatic N) is 5. The maximum Gasteiger partial charge on any atom is 0.260 e. The third-order valence-electron chi connectivity index (χ3n) is 4.43. The average molecular weight is 497 g/mol. The van der Waals surface area contributed by atoms with Gasteiger partial charge in [-0.1, -0.05) is 58.0 Å². The molecule has 0 saturated carbocycles. The van der Waals surface area contributed by atoms with Crippen molar-refractivity contribution in [2.24, 2.45) is 0 Å². The minimum atomic E-state index is -0.141. The van der Waals surface area contributed by atoms with Crippen LogP contribution in [0, 0.1) is 0 Å². The first-order valence-corrected chi connectivity index (χ1v) is 11.6. The summed E-state index contributed by atoms with van der Waals surface area (Å²) in [7, 11) is 0. The number of benzene rings is 2. The molecule has 2 aromatic carbocycles. The minimum absolute atomic E-state index is 0.141. The van der Waals surface area contributed by atoms with E-state index in [1.54, 1.807) is 4.68 Å². The first kappa shape index (κ1) is 19.2. The lowest BCUT2D eigenvalue weighted by atomic mass is 10.1. The maximum atomic E-state index is 12.8. The van der Waals surface area contributed by atoms with Gasteiger partial charge in [0.05, 0.1) is 16.8 Å². The van der Waals surface area contributed by atoms with E-state index in [1.807, 2.05) is 60.0 Å². The van der Waals surface area contributed by atoms with E-state index in [0.29, 0.717) is 22.1 Å². The summed E-state index contributed by atoms with van der Waals surface area (Å²) in [5.74, 6) is 1.04. The van der Waals surface area contributed by atoms with Gasteiger partial charge in [-0.25, -0.2) is 4.98 Å². The van der Waals surface area contributed by atoms with Crippen LogP contribution in [0.15, 0.2) is 74.4 Å². The zero-order valence-corrected chi connectivity index (χ0v) is 18.5. The van der Waals surface area contributed by atoms with E-state index in [0.717, 1.165) is 26.1 Å². The fourth-order valence-corrected chi connectivity index (χ4v) is 5.03. The molecule has 0 aliphatic carbocycles. The van der Waals surface area contributed by atoms with Crippen molar-refractivity contribution in [3.8, 4) is 16.8 Å². The number of halogens is 1. The Morgan fingerprint density at radius 1 is 1.10 bits per heavy atom. The van der Waals surface area contributed by atoms with Gasteiger partial charge in [0, 0.05) is 15.4 Å². The number of aromatic nitrogens is 6. The van der Waals surface area contributed by atoms with Gasteiger partial charge in [-0.05, 0) is 40.3 Å². The van der Waals surface area contributed by atoms with E-state index < -0.39 is 0 Å². The SMILES string of the molecule is O=c1[nH]c(CSc2nnnn2-c2ccccc2)nc2scc(-c3ccc(Br)cc3)c12. The van der Waals surface area contributed by atoms with Crippen LogP contribution < -0.4 is 5.56 Å². The van der Waals surface area contributed by atoms with Gasteiger partial charge in [-0.3, -0.25) is 4.79 Å². The van der Waals surface area contributed by atoms with Crippen LogP contribution in [0.3, 0.4) is 0 Å². The van der Waals surface area contributed by atoms with Crippen molar-refractivity contribution in [1.29, 1.82) is 0 Å². The highest BCUT2D eigenvalue weighted by Crippen LogP contribution is 2.32. The van der Waals surface area contributed by atoms with Crippen molar-refractivity contribution in [3.63, 3.8) is 0 Å². The maximum absolute atomic E-state index is 12.8. The fourth-order valence-electron chi connectivity index (χ4n) is 3.04. The van der Waals surface area contributed by atoms with E-state index in [1.165, 1.54) is 23.1 Å². The van der Waals surface area contributed by atoms with E-state index in [9.17, 15) is 4.79 Å². The lowest BCUT2D eigenvalue weighted by molar-refractivity contribution is 0.756. The first-order valence-electron chi connectivity index (χ1n) is 8.92. The van der Waals surface area contributed by atoms with Crippen molar-refractivity contribution in [2.75, 3.05) is 0 Å². The molecule has 0 saturated heterocycles.